The maximum atomic E-state index is 13.6. The lowest BCUT2D eigenvalue weighted by atomic mass is 9.72. The predicted octanol–water partition coefficient (Wildman–Crippen LogP) is 4.10. The molecule has 1 atom stereocenters. The van der Waals surface area contributed by atoms with Crippen molar-refractivity contribution in [2.24, 2.45) is 0 Å². The van der Waals surface area contributed by atoms with E-state index in [1.165, 1.54) is 0 Å². The number of hydrogen-bond acceptors (Lipinski definition) is 6. The fourth-order valence-corrected chi connectivity index (χ4v) is 5.46. The molecule has 36 heavy (non-hydrogen) atoms. The number of esters is 1. The van der Waals surface area contributed by atoms with Crippen LogP contribution in [0.1, 0.15) is 28.7 Å². The van der Waals surface area contributed by atoms with Gasteiger partial charge in [-0.25, -0.2) is 0 Å². The molecule has 3 aromatic rings. The first-order valence-electron chi connectivity index (χ1n) is 12.0. The number of hydrogen-bond donors (Lipinski definition) is 0. The fourth-order valence-electron chi connectivity index (χ4n) is 5.29. The molecule has 0 aliphatic carbocycles. The molecule has 7 nitrogen and oxygen atoms in total. The SMILES string of the molecule is O=C(CC1(c2ccccc2)C(=O)Oc2ccc(Cl)cc21)N1CCN(Cc2ccc3c(c2)OOC3)CC1. The van der Waals surface area contributed by atoms with E-state index in [9.17, 15) is 9.59 Å². The molecule has 1 unspecified atom stereocenters. The van der Waals surface area contributed by atoms with E-state index in [1.807, 2.05) is 47.4 Å². The van der Waals surface area contributed by atoms with Gasteiger partial charge in [-0.3, -0.25) is 14.5 Å². The smallest absolute Gasteiger partial charge is 0.327 e. The highest BCUT2D eigenvalue weighted by Gasteiger charge is 2.52. The molecule has 3 aromatic carbocycles. The van der Waals surface area contributed by atoms with Gasteiger partial charge in [0.1, 0.15) is 17.8 Å². The summed E-state index contributed by atoms with van der Waals surface area (Å²) in [5.74, 6) is 0.707. The number of benzene rings is 3. The molecule has 0 spiro atoms. The summed E-state index contributed by atoms with van der Waals surface area (Å²) >= 11 is 6.30. The van der Waals surface area contributed by atoms with E-state index in [0.717, 1.165) is 42.1 Å². The third-order valence-corrected chi connectivity index (χ3v) is 7.50. The van der Waals surface area contributed by atoms with Crippen LogP contribution >= 0.6 is 11.6 Å². The lowest BCUT2D eigenvalue weighted by Gasteiger charge is -2.36. The van der Waals surface area contributed by atoms with Gasteiger partial charge in [0, 0.05) is 48.9 Å². The maximum absolute atomic E-state index is 13.6. The summed E-state index contributed by atoms with van der Waals surface area (Å²) in [6.07, 6.45) is -0.00858. The number of fused-ring (bicyclic) bond motifs is 2. The van der Waals surface area contributed by atoms with Crippen molar-refractivity contribution in [3.63, 3.8) is 0 Å². The van der Waals surface area contributed by atoms with Gasteiger partial charge in [0.2, 0.25) is 5.91 Å². The van der Waals surface area contributed by atoms with Crippen LogP contribution in [0.2, 0.25) is 5.02 Å². The van der Waals surface area contributed by atoms with E-state index < -0.39 is 11.4 Å². The van der Waals surface area contributed by atoms with E-state index in [0.29, 0.717) is 36.0 Å². The second-order valence-corrected chi connectivity index (χ2v) is 9.86. The molecule has 6 rings (SSSR count). The topological polar surface area (TPSA) is 68.3 Å². The minimum absolute atomic E-state index is 0.00858. The number of piperazine rings is 1. The second kappa shape index (κ2) is 9.24. The molecule has 1 amide bonds. The van der Waals surface area contributed by atoms with Crippen molar-refractivity contribution >= 4 is 23.5 Å². The molecule has 0 N–H and O–H groups in total. The Morgan fingerprint density at radius 2 is 1.75 bits per heavy atom. The van der Waals surface area contributed by atoms with Crippen LogP contribution in [0.15, 0.2) is 66.7 Å². The highest BCUT2D eigenvalue weighted by Crippen LogP contribution is 2.48. The Morgan fingerprint density at radius 3 is 2.56 bits per heavy atom. The van der Waals surface area contributed by atoms with Crippen molar-refractivity contribution in [3.05, 3.63) is 94.0 Å². The third-order valence-electron chi connectivity index (χ3n) is 7.26. The van der Waals surface area contributed by atoms with E-state index in [-0.39, 0.29) is 12.3 Å². The van der Waals surface area contributed by atoms with Gasteiger partial charge in [-0.2, -0.15) is 4.89 Å². The summed E-state index contributed by atoms with van der Waals surface area (Å²) in [5, 5.41) is 0.497. The molecular weight excluding hydrogens is 480 g/mol. The minimum atomic E-state index is -1.22. The van der Waals surface area contributed by atoms with Crippen molar-refractivity contribution in [1.29, 1.82) is 0 Å². The van der Waals surface area contributed by atoms with Crippen LogP contribution in [0.25, 0.3) is 0 Å². The zero-order valence-corrected chi connectivity index (χ0v) is 20.4. The molecule has 8 heteroatoms. The Balaban J connectivity index is 1.18. The number of amides is 1. The van der Waals surface area contributed by atoms with E-state index in [4.69, 9.17) is 26.1 Å². The van der Waals surface area contributed by atoms with Gasteiger partial charge in [-0.05, 0) is 35.4 Å². The van der Waals surface area contributed by atoms with E-state index >= 15 is 0 Å². The Kier molecular flexibility index (Phi) is 5.91. The highest BCUT2D eigenvalue weighted by atomic mass is 35.5. The molecule has 3 aliphatic heterocycles. The number of ether oxygens (including phenoxy) is 1. The zero-order valence-electron chi connectivity index (χ0n) is 19.6. The average molecular weight is 505 g/mol. The summed E-state index contributed by atoms with van der Waals surface area (Å²) < 4.78 is 5.64. The maximum Gasteiger partial charge on any atom is 0.327 e. The molecule has 3 aliphatic rings. The van der Waals surface area contributed by atoms with Crippen molar-refractivity contribution in [1.82, 2.24) is 9.80 Å². The number of rotatable bonds is 5. The number of halogens is 1. The standard InChI is InChI=1S/C28H25ClN2O5/c29-22-8-9-24-23(15-22)28(27(33)35-24,21-4-2-1-3-5-21)16-26(32)31-12-10-30(11-13-31)17-19-6-7-20-18-34-36-25(20)14-19/h1-9,14-15H,10-13,16-18H2. The molecule has 184 valence electrons. The molecule has 1 saturated heterocycles. The van der Waals surface area contributed by atoms with Crippen LogP contribution in [-0.4, -0.2) is 47.9 Å². The van der Waals surface area contributed by atoms with Gasteiger partial charge < -0.3 is 14.5 Å². The molecule has 0 aromatic heterocycles. The quantitative estimate of drug-likeness (QED) is 0.296. The normalized spacial score (nSPS) is 21.0. The fraction of sp³-hybridized carbons (Fsp3) is 0.286. The second-order valence-electron chi connectivity index (χ2n) is 9.42. The first-order chi connectivity index (χ1) is 17.5. The van der Waals surface area contributed by atoms with Crippen molar-refractivity contribution in [2.75, 3.05) is 26.2 Å². The Bertz CT molecular complexity index is 1320. The largest absolute Gasteiger partial charge is 0.425 e. The highest BCUT2D eigenvalue weighted by molar-refractivity contribution is 6.30. The molecule has 0 saturated carbocycles. The monoisotopic (exact) mass is 504 g/mol. The van der Waals surface area contributed by atoms with Crippen molar-refractivity contribution in [3.8, 4) is 11.5 Å². The van der Waals surface area contributed by atoms with Crippen molar-refractivity contribution < 1.29 is 24.1 Å². The predicted molar refractivity (Wildman–Crippen MR) is 133 cm³/mol. The number of nitrogens with zero attached hydrogens (tertiary/aromatic N) is 2. The van der Waals surface area contributed by atoms with E-state index in [1.54, 1.807) is 18.2 Å². The van der Waals surface area contributed by atoms with Gasteiger partial charge in [0.15, 0.2) is 5.75 Å². The van der Waals surface area contributed by atoms with Crippen LogP contribution in [0.4, 0.5) is 0 Å². The lowest BCUT2D eigenvalue weighted by Crippen LogP contribution is -2.50. The first-order valence-corrected chi connectivity index (χ1v) is 12.4. The Morgan fingerprint density at radius 1 is 0.944 bits per heavy atom. The number of carbonyl (C=O) groups excluding carboxylic acids is 2. The minimum Gasteiger partial charge on any atom is -0.425 e. The van der Waals surface area contributed by atoms with Crippen molar-refractivity contribution in [2.45, 2.75) is 25.0 Å². The van der Waals surface area contributed by atoms with Gasteiger partial charge in [0.05, 0.1) is 6.42 Å². The van der Waals surface area contributed by atoms with Crippen LogP contribution in [0, 0.1) is 0 Å². The lowest BCUT2D eigenvalue weighted by molar-refractivity contribution is -0.194. The van der Waals surface area contributed by atoms with Gasteiger partial charge in [-0.1, -0.05) is 54.1 Å². The van der Waals surface area contributed by atoms with Gasteiger partial charge >= 0.3 is 5.97 Å². The molecule has 3 heterocycles. The van der Waals surface area contributed by atoms with Crippen LogP contribution in [0.3, 0.4) is 0 Å². The Labute approximate surface area is 214 Å². The zero-order chi connectivity index (χ0) is 24.7. The molecule has 0 radical (unpaired) electrons. The Hall–Kier alpha value is -3.39. The summed E-state index contributed by atoms with van der Waals surface area (Å²) in [6.45, 7) is 3.91. The first kappa shape index (κ1) is 23.0. The summed E-state index contributed by atoms with van der Waals surface area (Å²) in [6, 6.07) is 20.6. The molecule has 1 fully saturated rings. The van der Waals surface area contributed by atoms with Gasteiger partial charge in [-0.15, -0.1) is 0 Å². The molecule has 0 bridgehead atoms. The summed E-state index contributed by atoms with van der Waals surface area (Å²) in [4.78, 5) is 41.4. The van der Waals surface area contributed by atoms with Crippen LogP contribution < -0.4 is 9.62 Å². The molecular formula is C28H25ClN2O5. The van der Waals surface area contributed by atoms with Gasteiger partial charge in [0.25, 0.3) is 0 Å². The average Bonchev–Trinajstić information content (AvgIpc) is 3.47. The van der Waals surface area contributed by atoms with Crippen LogP contribution in [0.5, 0.6) is 11.5 Å². The summed E-state index contributed by atoms with van der Waals surface area (Å²) in [7, 11) is 0. The third kappa shape index (κ3) is 4.03. The van der Waals surface area contributed by atoms with E-state index in [2.05, 4.69) is 11.0 Å². The number of carbonyl (C=O) groups is 2. The van der Waals surface area contributed by atoms with Crippen LogP contribution in [-0.2, 0) is 33.0 Å². The summed E-state index contributed by atoms with van der Waals surface area (Å²) in [5.41, 5.74) is 2.34.